The van der Waals surface area contributed by atoms with Gasteiger partial charge in [0.1, 0.15) is 0 Å². The quantitative estimate of drug-likeness (QED) is 0.655. The maximum absolute atomic E-state index is 11.5. The summed E-state index contributed by atoms with van der Waals surface area (Å²) in [5.74, 6) is -2.42. The van der Waals surface area contributed by atoms with Crippen LogP contribution in [0.5, 0.6) is 0 Å². The summed E-state index contributed by atoms with van der Waals surface area (Å²) in [5.41, 5.74) is 0.602. The van der Waals surface area contributed by atoms with Crippen molar-refractivity contribution in [1.29, 1.82) is 0 Å². The van der Waals surface area contributed by atoms with Crippen LogP contribution in [0.1, 0.15) is 15.2 Å². The molecular formula is C12H9ClN2O3S. The molecule has 0 unspecified atom stereocenters. The lowest BCUT2D eigenvalue weighted by Crippen LogP contribution is -2.15. The van der Waals surface area contributed by atoms with Crippen molar-refractivity contribution in [2.75, 3.05) is 5.32 Å². The number of rotatable bonds is 5. The van der Waals surface area contributed by atoms with E-state index in [0.29, 0.717) is 16.7 Å². The van der Waals surface area contributed by atoms with Crippen molar-refractivity contribution >= 4 is 40.4 Å². The van der Waals surface area contributed by atoms with Gasteiger partial charge in [0.15, 0.2) is 4.47 Å². The lowest BCUT2D eigenvalue weighted by Gasteiger charge is -2.08. The van der Waals surface area contributed by atoms with Crippen LogP contribution in [-0.2, 0) is 11.3 Å². The van der Waals surface area contributed by atoms with E-state index in [2.05, 4.69) is 10.3 Å². The molecular weight excluding hydrogens is 288 g/mol. The van der Waals surface area contributed by atoms with E-state index in [1.54, 1.807) is 24.4 Å². The number of ketones is 1. The minimum Gasteiger partial charge on any atom is -0.475 e. The summed E-state index contributed by atoms with van der Waals surface area (Å²) in [6.45, 7) is 0.425. The molecule has 0 amide bonds. The number of anilines is 1. The van der Waals surface area contributed by atoms with Crippen LogP contribution in [0.2, 0.25) is 4.47 Å². The third kappa shape index (κ3) is 3.30. The molecule has 5 nitrogen and oxygen atoms in total. The third-order valence-electron chi connectivity index (χ3n) is 2.34. The number of carboxylic acid groups (broad SMARTS) is 1. The minimum absolute atomic E-state index is 0.130. The van der Waals surface area contributed by atoms with E-state index < -0.39 is 11.8 Å². The fourth-order valence-electron chi connectivity index (χ4n) is 1.50. The van der Waals surface area contributed by atoms with Gasteiger partial charge in [-0.1, -0.05) is 23.7 Å². The highest BCUT2D eigenvalue weighted by atomic mass is 35.5. The summed E-state index contributed by atoms with van der Waals surface area (Å²) >= 11 is 7.03. The number of Topliss-reactive ketones (excluding diaryl/α,β-unsaturated/α-hetero) is 1. The fraction of sp³-hybridized carbons (Fsp3) is 0.0833. The molecule has 19 heavy (non-hydrogen) atoms. The van der Waals surface area contributed by atoms with Crippen LogP contribution in [0.15, 0.2) is 30.5 Å². The van der Waals surface area contributed by atoms with Crippen molar-refractivity contribution < 1.29 is 14.7 Å². The number of para-hydroxylation sites is 1. The van der Waals surface area contributed by atoms with Crippen LogP contribution in [0.4, 0.5) is 5.69 Å². The number of aromatic nitrogens is 1. The zero-order valence-corrected chi connectivity index (χ0v) is 11.2. The third-order valence-corrected chi connectivity index (χ3v) is 3.46. The molecule has 0 radical (unpaired) electrons. The van der Waals surface area contributed by atoms with E-state index in [0.717, 1.165) is 4.88 Å². The van der Waals surface area contributed by atoms with E-state index in [-0.39, 0.29) is 5.56 Å². The molecule has 2 rings (SSSR count). The second-order valence-corrected chi connectivity index (χ2v) is 5.31. The molecule has 7 heteroatoms. The number of benzene rings is 1. The predicted octanol–water partition coefficient (Wildman–Crippen LogP) is 2.68. The maximum Gasteiger partial charge on any atom is 0.377 e. The minimum atomic E-state index is -1.48. The first-order chi connectivity index (χ1) is 9.08. The second-order valence-electron chi connectivity index (χ2n) is 3.61. The Morgan fingerprint density at radius 3 is 2.74 bits per heavy atom. The molecule has 1 aromatic carbocycles. The molecule has 0 fully saturated rings. The monoisotopic (exact) mass is 296 g/mol. The van der Waals surface area contributed by atoms with Gasteiger partial charge in [-0.25, -0.2) is 9.78 Å². The van der Waals surface area contributed by atoms with Crippen molar-refractivity contribution in [3.05, 3.63) is 45.4 Å². The van der Waals surface area contributed by atoms with Crippen LogP contribution < -0.4 is 5.32 Å². The largest absolute Gasteiger partial charge is 0.475 e. The zero-order valence-electron chi connectivity index (χ0n) is 9.59. The standard InChI is InChI=1S/C12H9ClN2O3S/c13-12-15-6-7(19-12)5-14-9-4-2-1-3-8(9)10(16)11(17)18/h1-4,6,14H,5H2,(H,17,18). The number of carbonyl (C=O) groups excluding carboxylic acids is 1. The van der Waals surface area contributed by atoms with E-state index >= 15 is 0 Å². The molecule has 0 bridgehead atoms. The van der Waals surface area contributed by atoms with Crippen molar-refractivity contribution in [2.45, 2.75) is 6.54 Å². The average Bonchev–Trinajstić information content (AvgIpc) is 2.81. The van der Waals surface area contributed by atoms with Gasteiger partial charge in [0.25, 0.3) is 5.78 Å². The highest BCUT2D eigenvalue weighted by Gasteiger charge is 2.17. The Labute approximate surface area is 117 Å². The maximum atomic E-state index is 11.5. The fourth-order valence-corrected chi connectivity index (χ4v) is 2.42. The van der Waals surface area contributed by atoms with Gasteiger partial charge in [-0.2, -0.15) is 0 Å². The second kappa shape index (κ2) is 5.81. The van der Waals surface area contributed by atoms with E-state index in [4.69, 9.17) is 16.7 Å². The first kappa shape index (κ1) is 13.5. The number of aliphatic carboxylic acids is 1. The first-order valence-electron chi connectivity index (χ1n) is 5.28. The van der Waals surface area contributed by atoms with Crippen LogP contribution in [0.25, 0.3) is 0 Å². The van der Waals surface area contributed by atoms with Crippen LogP contribution in [0.3, 0.4) is 0 Å². The van der Waals surface area contributed by atoms with E-state index in [9.17, 15) is 9.59 Å². The number of nitrogens with zero attached hydrogens (tertiary/aromatic N) is 1. The lowest BCUT2D eigenvalue weighted by molar-refractivity contribution is -0.131. The van der Waals surface area contributed by atoms with Gasteiger partial charge in [0.2, 0.25) is 0 Å². The number of hydrogen-bond acceptors (Lipinski definition) is 5. The van der Waals surface area contributed by atoms with Crippen molar-refractivity contribution in [1.82, 2.24) is 4.98 Å². The molecule has 0 saturated heterocycles. The Morgan fingerprint density at radius 2 is 2.11 bits per heavy atom. The highest BCUT2D eigenvalue weighted by Crippen LogP contribution is 2.21. The summed E-state index contributed by atoms with van der Waals surface area (Å²) in [7, 11) is 0. The summed E-state index contributed by atoms with van der Waals surface area (Å²) in [5, 5.41) is 11.8. The van der Waals surface area contributed by atoms with Crippen LogP contribution in [0, 0.1) is 0 Å². The average molecular weight is 297 g/mol. The summed E-state index contributed by atoms with van der Waals surface area (Å²) in [6.07, 6.45) is 1.63. The number of nitrogens with one attached hydrogen (secondary N) is 1. The van der Waals surface area contributed by atoms with Crippen molar-refractivity contribution in [3.63, 3.8) is 0 Å². The van der Waals surface area contributed by atoms with Gasteiger partial charge < -0.3 is 10.4 Å². The van der Waals surface area contributed by atoms with E-state index in [1.807, 2.05) is 0 Å². The molecule has 2 N–H and O–H groups in total. The molecule has 1 aromatic heterocycles. The number of hydrogen-bond donors (Lipinski definition) is 2. The smallest absolute Gasteiger partial charge is 0.377 e. The Balaban J connectivity index is 2.16. The highest BCUT2D eigenvalue weighted by molar-refractivity contribution is 7.15. The van der Waals surface area contributed by atoms with Crippen molar-refractivity contribution in [2.24, 2.45) is 0 Å². The number of thiazole rings is 1. The predicted molar refractivity (Wildman–Crippen MR) is 72.9 cm³/mol. The molecule has 1 heterocycles. The molecule has 2 aromatic rings. The molecule has 0 saturated carbocycles. The topological polar surface area (TPSA) is 79.3 Å². The summed E-state index contributed by atoms with van der Waals surface area (Å²) in [4.78, 5) is 27.0. The Hall–Kier alpha value is -1.92. The summed E-state index contributed by atoms with van der Waals surface area (Å²) in [6, 6.07) is 6.46. The van der Waals surface area contributed by atoms with Crippen LogP contribution >= 0.6 is 22.9 Å². The number of carboxylic acids is 1. The molecule has 0 atom stereocenters. The summed E-state index contributed by atoms with van der Waals surface area (Å²) < 4.78 is 0.437. The Kier molecular flexibility index (Phi) is 4.13. The number of carbonyl (C=O) groups is 2. The van der Waals surface area contributed by atoms with Gasteiger partial charge >= 0.3 is 5.97 Å². The Bertz CT molecular complexity index is 627. The van der Waals surface area contributed by atoms with E-state index in [1.165, 1.54) is 17.4 Å². The molecule has 98 valence electrons. The Morgan fingerprint density at radius 1 is 1.37 bits per heavy atom. The molecule has 0 aliphatic carbocycles. The normalized spacial score (nSPS) is 10.2. The molecule has 0 aliphatic rings. The SMILES string of the molecule is O=C(O)C(=O)c1ccccc1NCc1cnc(Cl)s1. The molecule has 0 spiro atoms. The number of halogens is 1. The van der Waals surface area contributed by atoms with Gasteiger partial charge in [0, 0.05) is 16.8 Å². The lowest BCUT2D eigenvalue weighted by atomic mass is 10.1. The van der Waals surface area contributed by atoms with Gasteiger partial charge in [-0.3, -0.25) is 4.79 Å². The zero-order chi connectivity index (χ0) is 13.8. The van der Waals surface area contributed by atoms with Crippen molar-refractivity contribution in [3.8, 4) is 0 Å². The van der Waals surface area contributed by atoms with Gasteiger partial charge in [-0.05, 0) is 12.1 Å². The van der Waals surface area contributed by atoms with Crippen LogP contribution in [-0.4, -0.2) is 21.8 Å². The van der Waals surface area contributed by atoms with Gasteiger partial charge in [0.05, 0.1) is 12.1 Å². The first-order valence-corrected chi connectivity index (χ1v) is 6.48. The van der Waals surface area contributed by atoms with Gasteiger partial charge in [-0.15, -0.1) is 11.3 Å². The molecule has 0 aliphatic heterocycles.